The average molecular weight is 1020 g/mol. The van der Waals surface area contributed by atoms with Crippen LogP contribution in [0.5, 0.6) is 0 Å². The van der Waals surface area contributed by atoms with Gasteiger partial charge in [0.25, 0.3) is 0 Å². The number of nitrogens with one attached hydrogen (secondary N) is 1. The zero-order valence-electron chi connectivity index (χ0n) is 46.6. The van der Waals surface area contributed by atoms with Crippen molar-refractivity contribution in [3.05, 3.63) is 134 Å². The summed E-state index contributed by atoms with van der Waals surface area (Å²) >= 11 is 0. The summed E-state index contributed by atoms with van der Waals surface area (Å²) in [6.45, 7) is 4.57. The quantitative estimate of drug-likeness (QED) is 0.0243. The molecule has 8 nitrogen and oxygen atoms in total. The number of hydrogen-bond acceptors (Lipinski definition) is 5. The number of aliphatic hydroxyl groups is 1. The molecule has 1 amide bonds. The van der Waals surface area contributed by atoms with Gasteiger partial charge in [-0.3, -0.25) is 13.8 Å². The molecule has 0 fully saturated rings. The fraction of sp³-hybridized carbons (Fsp3) is 0.635. The van der Waals surface area contributed by atoms with Gasteiger partial charge in [-0.05, 0) is 103 Å². The van der Waals surface area contributed by atoms with Gasteiger partial charge in [-0.2, -0.15) is 0 Å². The molecule has 3 unspecified atom stereocenters. The standard InChI is InChI=1S/C63H107N2O6P/c1-6-8-10-12-14-16-18-19-20-21-22-23-24-25-26-27-28-29-30-31-32-33-34-35-36-37-38-39-40-41-42-43-44-45-47-49-51-53-55-57-63(67)64-61(60-71-72(68,69)70-59-58-65(3,4)5)62(66)56-54-52-50-48-46-17-15-13-11-9-7-2/h8,10-11,13-14,16,19-20,22-23,25-26,28-29,31-32,34-35,46,48,54,56,61-62,66H,6-7,9,12,15,17-18,21,24,27,30,33,36-45,47,49-53,55,57-60H2,1-5H3,(H-,64,67,68,69)/p+1/b10-8-,13-11+,16-14-,20-19-,23-22-,26-25-,29-28-,32-31-,35-34-,48-46+,56-54+. The molecule has 0 bridgehead atoms. The van der Waals surface area contributed by atoms with E-state index in [-0.39, 0.29) is 19.1 Å². The second-order valence-electron chi connectivity index (χ2n) is 19.9. The van der Waals surface area contributed by atoms with Gasteiger partial charge in [0.05, 0.1) is 39.9 Å². The second kappa shape index (κ2) is 52.5. The summed E-state index contributed by atoms with van der Waals surface area (Å²) in [6.07, 6.45) is 80.0. The molecule has 0 heterocycles. The monoisotopic (exact) mass is 1020 g/mol. The van der Waals surface area contributed by atoms with Crippen LogP contribution in [0.4, 0.5) is 0 Å². The van der Waals surface area contributed by atoms with Gasteiger partial charge in [0.2, 0.25) is 5.91 Å². The summed E-state index contributed by atoms with van der Waals surface area (Å²) in [7, 11) is 1.53. The number of likely N-dealkylation sites (N-methyl/N-ethyl adjacent to an activating group) is 1. The highest BCUT2D eigenvalue weighted by Crippen LogP contribution is 2.43. The van der Waals surface area contributed by atoms with Crippen LogP contribution in [0.3, 0.4) is 0 Å². The Hall–Kier alpha value is -3.36. The topological polar surface area (TPSA) is 105 Å². The number of hydrogen-bond donors (Lipinski definition) is 3. The largest absolute Gasteiger partial charge is 0.472 e. The number of quaternary nitrogens is 1. The highest BCUT2D eigenvalue weighted by atomic mass is 31.2. The molecule has 410 valence electrons. The second-order valence-corrected chi connectivity index (χ2v) is 21.4. The molecule has 0 radical (unpaired) electrons. The molecule has 0 aliphatic rings. The van der Waals surface area contributed by atoms with Crippen LogP contribution in [0.1, 0.15) is 206 Å². The van der Waals surface area contributed by atoms with Gasteiger partial charge in [0, 0.05) is 6.42 Å². The molecule has 0 spiro atoms. The van der Waals surface area contributed by atoms with Crippen molar-refractivity contribution in [1.82, 2.24) is 5.32 Å². The van der Waals surface area contributed by atoms with Crippen molar-refractivity contribution >= 4 is 13.7 Å². The summed E-state index contributed by atoms with van der Waals surface area (Å²) < 4.78 is 23.6. The number of rotatable bonds is 50. The number of allylic oxidation sites excluding steroid dienone is 21. The summed E-state index contributed by atoms with van der Waals surface area (Å²) in [5, 5.41) is 13.8. The van der Waals surface area contributed by atoms with Crippen molar-refractivity contribution in [3.8, 4) is 0 Å². The van der Waals surface area contributed by atoms with Crippen LogP contribution >= 0.6 is 7.82 Å². The number of aliphatic hydroxyl groups excluding tert-OH is 1. The maximum atomic E-state index is 12.9. The molecular formula is C63H108N2O6P+. The van der Waals surface area contributed by atoms with Crippen LogP contribution in [0, 0.1) is 0 Å². The van der Waals surface area contributed by atoms with E-state index in [2.05, 4.69) is 141 Å². The zero-order chi connectivity index (χ0) is 52.7. The Morgan fingerprint density at radius 3 is 1.26 bits per heavy atom. The van der Waals surface area contributed by atoms with Crippen molar-refractivity contribution in [3.63, 3.8) is 0 Å². The first kappa shape index (κ1) is 68.6. The van der Waals surface area contributed by atoms with E-state index in [1.54, 1.807) is 6.08 Å². The van der Waals surface area contributed by atoms with Crippen LogP contribution < -0.4 is 5.32 Å². The molecule has 72 heavy (non-hydrogen) atoms. The lowest BCUT2D eigenvalue weighted by molar-refractivity contribution is -0.870. The van der Waals surface area contributed by atoms with Crippen molar-refractivity contribution in [1.29, 1.82) is 0 Å². The minimum Gasteiger partial charge on any atom is -0.387 e. The molecule has 9 heteroatoms. The SMILES string of the molecule is CC/C=C\C/C=C\C/C=C\C/C=C\C/C=C\C/C=C\C/C=C\C/C=C\CCCCCCCCCCCCCCCCC(=O)NC(COP(=O)(O)OCC[N+](C)(C)C)C(O)/C=C/CC/C=C/CC/C=C/CCC. The molecule has 3 N–H and O–H groups in total. The number of carbonyl (C=O) groups excluding carboxylic acids is 1. The lowest BCUT2D eigenvalue weighted by Gasteiger charge is -2.25. The predicted octanol–water partition coefficient (Wildman–Crippen LogP) is 17.5. The van der Waals surface area contributed by atoms with E-state index in [0.717, 1.165) is 103 Å². The fourth-order valence-corrected chi connectivity index (χ4v) is 8.13. The molecule has 0 rings (SSSR count). The normalized spacial score (nSPS) is 14.9. The molecule has 3 atom stereocenters. The van der Waals surface area contributed by atoms with Crippen molar-refractivity contribution < 1.29 is 32.9 Å². The Kier molecular flexibility index (Phi) is 50.1. The Labute approximate surface area is 443 Å². The first-order valence-corrected chi connectivity index (χ1v) is 30.1. The number of phosphoric ester groups is 1. The minimum absolute atomic E-state index is 0.0477. The smallest absolute Gasteiger partial charge is 0.387 e. The van der Waals surface area contributed by atoms with Gasteiger partial charge in [-0.25, -0.2) is 4.57 Å². The van der Waals surface area contributed by atoms with Crippen molar-refractivity contribution in [2.24, 2.45) is 0 Å². The number of unbranched alkanes of at least 4 members (excludes halogenated alkanes) is 17. The maximum absolute atomic E-state index is 12.9. The number of carbonyl (C=O) groups is 1. The summed E-state index contributed by atoms with van der Waals surface area (Å²) in [5.74, 6) is -0.199. The average Bonchev–Trinajstić information content (AvgIpc) is 3.34. The molecule has 0 saturated carbocycles. The third-order valence-electron chi connectivity index (χ3n) is 11.8. The van der Waals surface area contributed by atoms with E-state index < -0.39 is 20.0 Å². The predicted molar refractivity (Wildman–Crippen MR) is 313 cm³/mol. The highest BCUT2D eigenvalue weighted by molar-refractivity contribution is 7.47. The molecule has 0 saturated heterocycles. The molecule has 0 aliphatic carbocycles. The third kappa shape index (κ3) is 54.4. The van der Waals surface area contributed by atoms with Crippen LogP contribution in [0.2, 0.25) is 0 Å². The first-order valence-electron chi connectivity index (χ1n) is 28.6. The van der Waals surface area contributed by atoms with E-state index in [4.69, 9.17) is 9.05 Å². The van der Waals surface area contributed by atoms with Gasteiger partial charge in [-0.15, -0.1) is 0 Å². The highest BCUT2D eigenvalue weighted by Gasteiger charge is 2.27. The summed E-state index contributed by atoms with van der Waals surface area (Å²) in [4.78, 5) is 23.2. The van der Waals surface area contributed by atoms with Crippen LogP contribution in [-0.4, -0.2) is 73.4 Å². The van der Waals surface area contributed by atoms with Gasteiger partial charge >= 0.3 is 7.82 Å². The van der Waals surface area contributed by atoms with Crippen LogP contribution in [0.15, 0.2) is 134 Å². The van der Waals surface area contributed by atoms with Gasteiger partial charge < -0.3 is 19.8 Å². The van der Waals surface area contributed by atoms with E-state index >= 15 is 0 Å². The molecule has 0 aromatic carbocycles. The third-order valence-corrected chi connectivity index (χ3v) is 12.8. The molecule has 0 aromatic rings. The van der Waals surface area contributed by atoms with Gasteiger partial charge in [0.15, 0.2) is 0 Å². The summed E-state index contributed by atoms with van der Waals surface area (Å²) in [5.41, 5.74) is 0. The minimum atomic E-state index is -4.36. The van der Waals surface area contributed by atoms with Crippen molar-refractivity contribution in [2.45, 2.75) is 219 Å². The molecular weight excluding hydrogens is 912 g/mol. The lowest BCUT2D eigenvalue weighted by Crippen LogP contribution is -2.45. The number of amides is 1. The fourth-order valence-electron chi connectivity index (χ4n) is 7.39. The van der Waals surface area contributed by atoms with E-state index in [9.17, 15) is 19.4 Å². The Bertz CT molecular complexity index is 1630. The Balaban J connectivity index is 4.03. The van der Waals surface area contributed by atoms with E-state index in [1.807, 2.05) is 27.2 Å². The maximum Gasteiger partial charge on any atom is 0.472 e. The Morgan fingerprint density at radius 2 is 0.847 bits per heavy atom. The number of nitrogens with zero attached hydrogens (tertiary/aromatic N) is 1. The van der Waals surface area contributed by atoms with Crippen LogP contribution in [-0.2, 0) is 18.4 Å². The molecule has 0 aromatic heterocycles. The zero-order valence-corrected chi connectivity index (χ0v) is 47.5. The first-order chi connectivity index (χ1) is 35.0. The van der Waals surface area contributed by atoms with Crippen molar-refractivity contribution in [2.75, 3.05) is 40.9 Å². The van der Waals surface area contributed by atoms with Gasteiger partial charge in [-0.1, -0.05) is 231 Å². The lowest BCUT2D eigenvalue weighted by atomic mass is 10.0. The number of phosphoric acid groups is 1. The Morgan fingerprint density at radius 1 is 0.486 bits per heavy atom. The van der Waals surface area contributed by atoms with Crippen LogP contribution in [0.25, 0.3) is 0 Å². The van der Waals surface area contributed by atoms with Gasteiger partial charge in [0.1, 0.15) is 13.2 Å². The molecule has 0 aliphatic heterocycles. The summed E-state index contributed by atoms with van der Waals surface area (Å²) in [6, 6.07) is -0.876. The van der Waals surface area contributed by atoms with E-state index in [1.165, 1.54) is 83.5 Å². The van der Waals surface area contributed by atoms with E-state index in [0.29, 0.717) is 17.4 Å².